The Morgan fingerprint density at radius 1 is 1.24 bits per heavy atom. The number of carbonyl (C=O) groups excluding carboxylic acids is 1. The lowest BCUT2D eigenvalue weighted by atomic mass is 10.2. The predicted molar refractivity (Wildman–Crippen MR) is 83.3 cm³/mol. The van der Waals surface area contributed by atoms with Crippen LogP contribution in [0.3, 0.4) is 0 Å². The molecule has 2 heterocycles. The Bertz CT molecular complexity index is 815. The minimum absolute atomic E-state index is 0.0419. The zero-order valence-electron chi connectivity index (χ0n) is 12.9. The number of hydrogen-bond donors (Lipinski definition) is 1. The number of ether oxygens (including phenoxy) is 2. The number of aromatic nitrogens is 2. The Hall–Kier alpha value is -2.81. The first-order chi connectivity index (χ1) is 12.0. The molecular formula is C16H15F2N3O4. The maximum Gasteiger partial charge on any atom is 0.351 e. The summed E-state index contributed by atoms with van der Waals surface area (Å²) >= 11 is 0. The van der Waals surface area contributed by atoms with Crippen LogP contribution in [0.1, 0.15) is 16.6 Å². The Balaban J connectivity index is 1.68. The van der Waals surface area contributed by atoms with Gasteiger partial charge in [-0.15, -0.1) is 0 Å². The van der Waals surface area contributed by atoms with Crippen molar-refractivity contribution in [1.29, 1.82) is 0 Å². The Morgan fingerprint density at radius 3 is 2.64 bits per heavy atom. The summed E-state index contributed by atoms with van der Waals surface area (Å²) in [5.41, 5.74) is 4.78. The van der Waals surface area contributed by atoms with Crippen molar-refractivity contribution in [3.8, 4) is 0 Å². The lowest BCUT2D eigenvalue weighted by Crippen LogP contribution is -2.32. The van der Waals surface area contributed by atoms with Crippen molar-refractivity contribution in [1.82, 2.24) is 9.55 Å². The molecule has 0 aliphatic carbocycles. The highest BCUT2D eigenvalue weighted by atomic mass is 19.2. The van der Waals surface area contributed by atoms with E-state index < -0.39 is 42.9 Å². The predicted octanol–water partition coefficient (Wildman–Crippen LogP) is 1.26. The summed E-state index contributed by atoms with van der Waals surface area (Å²) < 4.78 is 39.3. The van der Waals surface area contributed by atoms with Gasteiger partial charge in [0.2, 0.25) is 0 Å². The number of nitrogens with zero attached hydrogens (tertiary/aromatic N) is 2. The van der Waals surface area contributed by atoms with Gasteiger partial charge in [0.15, 0.2) is 18.6 Å². The topological polar surface area (TPSA) is 96.4 Å². The quantitative estimate of drug-likeness (QED) is 0.833. The van der Waals surface area contributed by atoms with Gasteiger partial charge in [0.25, 0.3) is 0 Å². The van der Waals surface area contributed by atoms with Gasteiger partial charge < -0.3 is 15.2 Å². The van der Waals surface area contributed by atoms with Crippen LogP contribution in [-0.4, -0.2) is 40.6 Å². The average molecular weight is 351 g/mol. The van der Waals surface area contributed by atoms with E-state index in [4.69, 9.17) is 15.2 Å². The molecule has 3 rings (SSSR count). The lowest BCUT2D eigenvalue weighted by molar-refractivity contribution is -0.0501. The van der Waals surface area contributed by atoms with Crippen LogP contribution in [0.4, 0.5) is 14.6 Å². The molecule has 0 radical (unpaired) electrons. The number of anilines is 1. The zero-order valence-corrected chi connectivity index (χ0v) is 12.9. The second kappa shape index (κ2) is 6.98. The van der Waals surface area contributed by atoms with Gasteiger partial charge in [-0.2, -0.15) is 4.98 Å². The molecule has 0 saturated carbocycles. The molecule has 7 nitrogen and oxygen atoms in total. The van der Waals surface area contributed by atoms with Crippen molar-refractivity contribution in [2.75, 3.05) is 12.3 Å². The monoisotopic (exact) mass is 351 g/mol. The summed E-state index contributed by atoms with van der Waals surface area (Å²) in [6.45, 7) is -0.483. The number of carbonyl (C=O) groups is 1. The van der Waals surface area contributed by atoms with Crippen molar-refractivity contribution in [3.63, 3.8) is 0 Å². The highest BCUT2D eigenvalue weighted by Crippen LogP contribution is 2.33. The molecule has 132 valence electrons. The van der Waals surface area contributed by atoms with E-state index in [0.29, 0.717) is 0 Å². The van der Waals surface area contributed by atoms with Gasteiger partial charge in [-0.25, -0.2) is 18.4 Å². The van der Waals surface area contributed by atoms with E-state index in [9.17, 15) is 18.4 Å². The molecule has 0 spiro atoms. The van der Waals surface area contributed by atoms with Gasteiger partial charge in [-0.05, 0) is 18.2 Å². The minimum Gasteiger partial charge on any atom is -0.459 e. The summed E-state index contributed by atoms with van der Waals surface area (Å²) in [6.07, 6.45) is -5.83. The first-order valence-electron chi connectivity index (χ1n) is 7.48. The van der Waals surface area contributed by atoms with E-state index in [2.05, 4.69) is 4.98 Å². The summed E-state index contributed by atoms with van der Waals surface area (Å²) in [5.74, 6) is -0.721. The minimum atomic E-state index is -2.11. The number of benzene rings is 1. The van der Waals surface area contributed by atoms with E-state index in [-0.39, 0.29) is 11.4 Å². The van der Waals surface area contributed by atoms with Gasteiger partial charge in [-0.1, -0.05) is 18.2 Å². The molecule has 4 atom stereocenters. The number of hydrogen-bond acceptors (Lipinski definition) is 6. The molecule has 1 aliphatic heterocycles. The van der Waals surface area contributed by atoms with Crippen molar-refractivity contribution >= 4 is 11.8 Å². The smallest absolute Gasteiger partial charge is 0.351 e. The number of nitrogen functional groups attached to an aromatic ring is 1. The molecule has 25 heavy (non-hydrogen) atoms. The summed E-state index contributed by atoms with van der Waals surface area (Å²) in [4.78, 5) is 27.1. The summed E-state index contributed by atoms with van der Waals surface area (Å²) in [5, 5.41) is 0. The van der Waals surface area contributed by atoms with Gasteiger partial charge in [-0.3, -0.25) is 4.57 Å². The van der Waals surface area contributed by atoms with Crippen LogP contribution in [0.15, 0.2) is 47.4 Å². The maximum atomic E-state index is 14.2. The van der Waals surface area contributed by atoms with Crippen molar-refractivity contribution < 1.29 is 23.0 Å². The van der Waals surface area contributed by atoms with Crippen LogP contribution >= 0.6 is 0 Å². The number of alkyl halides is 2. The zero-order chi connectivity index (χ0) is 18.0. The van der Waals surface area contributed by atoms with Crippen molar-refractivity contribution in [3.05, 3.63) is 58.6 Å². The van der Waals surface area contributed by atoms with Crippen LogP contribution in [0.2, 0.25) is 0 Å². The molecule has 0 bridgehead atoms. The molecule has 2 aromatic rings. The largest absolute Gasteiger partial charge is 0.459 e. The Kier molecular flexibility index (Phi) is 4.75. The third-order valence-corrected chi connectivity index (χ3v) is 3.76. The van der Waals surface area contributed by atoms with E-state index in [1.54, 1.807) is 18.2 Å². The highest BCUT2D eigenvalue weighted by molar-refractivity contribution is 5.89. The molecule has 1 aromatic carbocycles. The van der Waals surface area contributed by atoms with Crippen LogP contribution in [0.25, 0.3) is 0 Å². The van der Waals surface area contributed by atoms with Gasteiger partial charge >= 0.3 is 11.7 Å². The van der Waals surface area contributed by atoms with Crippen LogP contribution in [-0.2, 0) is 9.47 Å². The third-order valence-electron chi connectivity index (χ3n) is 3.76. The van der Waals surface area contributed by atoms with E-state index >= 15 is 0 Å². The van der Waals surface area contributed by atoms with E-state index in [0.717, 1.165) is 4.57 Å². The second-order valence-electron chi connectivity index (χ2n) is 5.46. The molecule has 2 N–H and O–H groups in total. The summed E-state index contributed by atoms with van der Waals surface area (Å²) in [7, 11) is 0. The van der Waals surface area contributed by atoms with E-state index in [1.165, 1.54) is 24.4 Å². The molecule has 0 amide bonds. The Morgan fingerprint density at radius 2 is 1.96 bits per heavy atom. The van der Waals surface area contributed by atoms with Gasteiger partial charge in [0.1, 0.15) is 18.5 Å². The molecule has 1 aliphatic rings. The number of rotatable bonds is 4. The maximum absolute atomic E-state index is 14.2. The second-order valence-corrected chi connectivity index (χ2v) is 5.46. The normalized spacial score (nSPS) is 25.7. The standard InChI is InChI=1S/C16H15F2N3O4/c17-12-10(8-24-15(22)9-4-2-1-3-5-9)25-14(13(12)18)21-7-6-11(19)20-16(21)23/h1-7,10,12-14H,8H2,(H2,19,20,23)/t10-,12-,13-,14-/m1/s1. The van der Waals surface area contributed by atoms with E-state index in [1.807, 2.05) is 0 Å². The number of esters is 1. The molecular weight excluding hydrogens is 336 g/mol. The van der Waals surface area contributed by atoms with Crippen LogP contribution in [0.5, 0.6) is 0 Å². The fraction of sp³-hybridized carbons (Fsp3) is 0.312. The molecule has 1 aromatic heterocycles. The first-order valence-corrected chi connectivity index (χ1v) is 7.48. The summed E-state index contributed by atoms with van der Waals surface area (Å²) in [6, 6.07) is 9.36. The third kappa shape index (κ3) is 3.50. The van der Waals surface area contributed by atoms with Gasteiger partial charge in [0, 0.05) is 6.20 Å². The number of halogens is 2. The van der Waals surface area contributed by atoms with Gasteiger partial charge in [0.05, 0.1) is 5.56 Å². The first kappa shape index (κ1) is 17.0. The molecule has 0 unspecified atom stereocenters. The highest BCUT2D eigenvalue weighted by Gasteiger charge is 2.47. The van der Waals surface area contributed by atoms with Crippen LogP contribution in [0, 0.1) is 0 Å². The Labute approximate surface area is 141 Å². The number of nitrogens with two attached hydrogens (primary N) is 1. The fourth-order valence-electron chi connectivity index (χ4n) is 2.48. The van der Waals surface area contributed by atoms with Crippen molar-refractivity contribution in [2.45, 2.75) is 24.7 Å². The molecule has 9 heteroatoms. The molecule has 1 fully saturated rings. The average Bonchev–Trinajstić information content (AvgIpc) is 2.89. The lowest BCUT2D eigenvalue weighted by Gasteiger charge is -2.15. The molecule has 1 saturated heterocycles. The van der Waals surface area contributed by atoms with Crippen molar-refractivity contribution in [2.24, 2.45) is 0 Å². The fourth-order valence-corrected chi connectivity index (χ4v) is 2.48. The van der Waals surface area contributed by atoms with Crippen LogP contribution < -0.4 is 11.4 Å². The SMILES string of the molecule is Nc1ccn([C@@H]2O[C@H](COC(=O)c3ccccc3)[C@@H](F)[C@H]2F)c(=O)n1.